The lowest BCUT2D eigenvalue weighted by Gasteiger charge is -2.10. The van der Waals surface area contributed by atoms with Gasteiger partial charge in [0.2, 0.25) is 0 Å². The van der Waals surface area contributed by atoms with E-state index in [0.29, 0.717) is 27.7 Å². The van der Waals surface area contributed by atoms with Crippen molar-refractivity contribution in [3.05, 3.63) is 77.6 Å². The van der Waals surface area contributed by atoms with E-state index in [4.69, 9.17) is 16.3 Å². The predicted molar refractivity (Wildman–Crippen MR) is 92.4 cm³/mol. The smallest absolute Gasteiger partial charge is 0.339 e. The molecule has 5 heteroatoms. The highest BCUT2D eigenvalue weighted by Gasteiger charge is 2.15. The van der Waals surface area contributed by atoms with Crippen molar-refractivity contribution in [2.75, 3.05) is 6.61 Å². The Morgan fingerprint density at radius 1 is 1.17 bits per heavy atom. The SMILES string of the molecule is C=C(Cl)COC(=O)c1cc(-c2ccc(F)cc2)nc2ccccc12. The summed E-state index contributed by atoms with van der Waals surface area (Å²) >= 11 is 5.65. The summed E-state index contributed by atoms with van der Waals surface area (Å²) < 4.78 is 18.3. The maximum absolute atomic E-state index is 13.1. The topological polar surface area (TPSA) is 39.2 Å². The molecular formula is C19H13ClFNO2. The second kappa shape index (κ2) is 6.81. The number of hydrogen-bond donors (Lipinski definition) is 0. The van der Waals surface area contributed by atoms with Crippen molar-refractivity contribution in [2.24, 2.45) is 0 Å². The van der Waals surface area contributed by atoms with Crippen LogP contribution in [0.1, 0.15) is 10.4 Å². The molecule has 24 heavy (non-hydrogen) atoms. The van der Waals surface area contributed by atoms with E-state index in [2.05, 4.69) is 11.6 Å². The van der Waals surface area contributed by atoms with Crippen molar-refractivity contribution in [3.63, 3.8) is 0 Å². The fourth-order valence-corrected chi connectivity index (χ4v) is 2.39. The summed E-state index contributed by atoms with van der Waals surface area (Å²) in [7, 11) is 0. The molecule has 0 fully saturated rings. The van der Waals surface area contributed by atoms with Crippen LogP contribution in [0.4, 0.5) is 4.39 Å². The summed E-state index contributed by atoms with van der Waals surface area (Å²) in [6, 6.07) is 14.8. The van der Waals surface area contributed by atoms with Gasteiger partial charge in [-0.05, 0) is 36.4 Å². The van der Waals surface area contributed by atoms with Gasteiger partial charge in [-0.25, -0.2) is 14.2 Å². The summed E-state index contributed by atoms with van der Waals surface area (Å²) in [6.07, 6.45) is 0. The Morgan fingerprint density at radius 3 is 2.58 bits per heavy atom. The molecule has 0 bridgehead atoms. The molecule has 1 heterocycles. The van der Waals surface area contributed by atoms with Gasteiger partial charge in [-0.2, -0.15) is 0 Å². The molecule has 0 radical (unpaired) electrons. The molecular weight excluding hydrogens is 329 g/mol. The van der Waals surface area contributed by atoms with Crippen molar-refractivity contribution >= 4 is 28.5 Å². The molecule has 0 aliphatic heterocycles. The van der Waals surface area contributed by atoms with Crippen LogP contribution in [-0.4, -0.2) is 17.6 Å². The number of ether oxygens (including phenoxy) is 1. The zero-order valence-corrected chi connectivity index (χ0v) is 13.4. The lowest BCUT2D eigenvalue weighted by Crippen LogP contribution is -2.08. The van der Waals surface area contributed by atoms with E-state index in [-0.39, 0.29) is 17.5 Å². The normalized spacial score (nSPS) is 10.6. The highest BCUT2D eigenvalue weighted by Crippen LogP contribution is 2.25. The number of carbonyl (C=O) groups excluding carboxylic acids is 1. The highest BCUT2D eigenvalue weighted by molar-refractivity contribution is 6.29. The van der Waals surface area contributed by atoms with E-state index in [1.807, 2.05) is 12.1 Å². The zero-order chi connectivity index (χ0) is 17.1. The second-order valence-electron chi connectivity index (χ2n) is 5.17. The molecule has 1 aromatic heterocycles. The van der Waals surface area contributed by atoms with Crippen LogP contribution in [0.2, 0.25) is 0 Å². The minimum absolute atomic E-state index is 0.0665. The van der Waals surface area contributed by atoms with Crippen LogP contribution in [-0.2, 0) is 4.74 Å². The third-order valence-corrected chi connectivity index (χ3v) is 3.55. The average Bonchev–Trinajstić information content (AvgIpc) is 2.59. The largest absolute Gasteiger partial charge is 0.456 e. The Morgan fingerprint density at radius 2 is 1.88 bits per heavy atom. The van der Waals surface area contributed by atoms with E-state index >= 15 is 0 Å². The van der Waals surface area contributed by atoms with Gasteiger partial charge in [-0.3, -0.25) is 0 Å². The molecule has 0 saturated heterocycles. The molecule has 0 amide bonds. The highest BCUT2D eigenvalue weighted by atomic mass is 35.5. The Labute approximate surface area is 143 Å². The zero-order valence-electron chi connectivity index (χ0n) is 12.6. The number of fused-ring (bicyclic) bond motifs is 1. The standard InChI is InChI=1S/C19H13ClFNO2/c1-12(20)11-24-19(23)16-10-18(13-6-8-14(21)9-7-13)22-17-5-3-2-4-15(16)17/h2-10H,1,11H2. The molecule has 0 atom stereocenters. The van der Waals surface area contributed by atoms with E-state index in [0.717, 1.165) is 0 Å². The first-order chi connectivity index (χ1) is 11.5. The Balaban J connectivity index is 2.10. The number of hydrogen-bond acceptors (Lipinski definition) is 3. The number of pyridine rings is 1. The summed E-state index contributed by atoms with van der Waals surface area (Å²) in [5, 5.41) is 0.911. The molecule has 0 spiro atoms. The van der Waals surface area contributed by atoms with Crippen molar-refractivity contribution in [1.29, 1.82) is 0 Å². The number of benzene rings is 2. The third-order valence-electron chi connectivity index (χ3n) is 3.44. The van der Waals surface area contributed by atoms with Gasteiger partial charge in [0, 0.05) is 16.0 Å². The van der Waals surface area contributed by atoms with Crippen LogP contribution in [0, 0.1) is 5.82 Å². The minimum atomic E-state index is -0.515. The Kier molecular flexibility index (Phi) is 4.58. The fourth-order valence-electron chi connectivity index (χ4n) is 2.33. The van der Waals surface area contributed by atoms with Crippen LogP contribution >= 0.6 is 11.6 Å². The van der Waals surface area contributed by atoms with Gasteiger partial charge >= 0.3 is 5.97 Å². The molecule has 3 rings (SSSR count). The van der Waals surface area contributed by atoms with Gasteiger partial charge in [0.1, 0.15) is 12.4 Å². The van der Waals surface area contributed by atoms with Crippen molar-refractivity contribution in [2.45, 2.75) is 0 Å². The first-order valence-corrected chi connectivity index (χ1v) is 7.58. The third kappa shape index (κ3) is 3.44. The molecule has 0 N–H and O–H groups in total. The van der Waals surface area contributed by atoms with Crippen LogP contribution < -0.4 is 0 Å². The lowest BCUT2D eigenvalue weighted by molar-refractivity contribution is 0.0548. The summed E-state index contributed by atoms with van der Waals surface area (Å²) in [5.41, 5.74) is 2.29. The number of nitrogens with zero attached hydrogens (tertiary/aromatic N) is 1. The summed E-state index contributed by atoms with van der Waals surface area (Å²) in [5.74, 6) is -0.849. The maximum atomic E-state index is 13.1. The van der Waals surface area contributed by atoms with Crippen LogP contribution in [0.3, 0.4) is 0 Å². The number of carbonyl (C=O) groups is 1. The molecule has 0 aliphatic carbocycles. The molecule has 3 aromatic rings. The Hall–Kier alpha value is -2.72. The van der Waals surface area contributed by atoms with E-state index in [1.165, 1.54) is 12.1 Å². The molecule has 0 aliphatic rings. The summed E-state index contributed by atoms with van der Waals surface area (Å²) in [6.45, 7) is 3.43. The van der Waals surface area contributed by atoms with E-state index < -0.39 is 5.97 Å². The lowest BCUT2D eigenvalue weighted by atomic mass is 10.0. The predicted octanol–water partition coefficient (Wildman–Crippen LogP) is 4.95. The molecule has 120 valence electrons. The number of para-hydroxylation sites is 1. The van der Waals surface area contributed by atoms with Crippen molar-refractivity contribution < 1.29 is 13.9 Å². The fraction of sp³-hybridized carbons (Fsp3) is 0.0526. The first-order valence-electron chi connectivity index (χ1n) is 7.21. The number of esters is 1. The van der Waals surface area contributed by atoms with Gasteiger partial charge in [0.15, 0.2) is 0 Å². The number of aromatic nitrogens is 1. The molecule has 0 unspecified atom stereocenters. The van der Waals surface area contributed by atoms with Gasteiger partial charge in [0.05, 0.1) is 16.8 Å². The quantitative estimate of drug-likeness (QED) is 0.630. The second-order valence-corrected chi connectivity index (χ2v) is 5.71. The maximum Gasteiger partial charge on any atom is 0.339 e. The first kappa shape index (κ1) is 16.1. The minimum Gasteiger partial charge on any atom is -0.456 e. The van der Waals surface area contributed by atoms with Crippen molar-refractivity contribution in [3.8, 4) is 11.3 Å². The Bertz CT molecular complexity index is 922. The molecule has 3 nitrogen and oxygen atoms in total. The molecule has 0 saturated carbocycles. The van der Waals surface area contributed by atoms with Gasteiger partial charge in [0.25, 0.3) is 0 Å². The van der Waals surface area contributed by atoms with Crippen LogP contribution in [0.15, 0.2) is 66.2 Å². The number of rotatable bonds is 4. The van der Waals surface area contributed by atoms with Gasteiger partial charge in [-0.15, -0.1) is 0 Å². The van der Waals surface area contributed by atoms with Gasteiger partial charge in [-0.1, -0.05) is 36.4 Å². The van der Waals surface area contributed by atoms with Crippen molar-refractivity contribution in [1.82, 2.24) is 4.98 Å². The monoisotopic (exact) mass is 341 g/mol. The average molecular weight is 342 g/mol. The van der Waals surface area contributed by atoms with Crippen LogP contribution in [0.5, 0.6) is 0 Å². The number of halogens is 2. The molecule has 2 aromatic carbocycles. The summed E-state index contributed by atoms with van der Waals surface area (Å²) in [4.78, 5) is 16.9. The van der Waals surface area contributed by atoms with E-state index in [1.54, 1.807) is 30.3 Å². The van der Waals surface area contributed by atoms with E-state index in [9.17, 15) is 9.18 Å². The van der Waals surface area contributed by atoms with Crippen LogP contribution in [0.25, 0.3) is 22.2 Å². The van der Waals surface area contributed by atoms with Gasteiger partial charge < -0.3 is 4.74 Å².